The van der Waals surface area contributed by atoms with Gasteiger partial charge in [-0.05, 0) is 44.0 Å². The fraction of sp³-hybridized carbons (Fsp3) is 0.273. The molecule has 1 fully saturated rings. The van der Waals surface area contributed by atoms with Crippen LogP contribution in [0.25, 0.3) is 11.1 Å². The zero-order valence-electron chi connectivity index (χ0n) is 16.8. The predicted octanol–water partition coefficient (Wildman–Crippen LogP) is 3.32. The molecule has 2 aromatic heterocycles. The summed E-state index contributed by atoms with van der Waals surface area (Å²) in [6.07, 6.45) is 1.79. The summed E-state index contributed by atoms with van der Waals surface area (Å²) in [5, 5.41) is 14.0. The number of hydrogen-bond acceptors (Lipinski definition) is 7. The number of carbonyl (C=O) groups excluding carboxylic acids is 1. The maximum Gasteiger partial charge on any atom is 0.243 e. The number of nitrogen functional groups attached to an aromatic ring is 1. The first-order valence-electron chi connectivity index (χ1n) is 9.76. The number of anilines is 1. The maximum absolute atomic E-state index is 14.1. The summed E-state index contributed by atoms with van der Waals surface area (Å²) < 4.78 is 27.6. The van der Waals surface area contributed by atoms with Gasteiger partial charge in [0.15, 0.2) is 17.2 Å². The molecule has 2 N–H and O–H groups in total. The molecule has 1 unspecified atom stereocenters. The minimum absolute atomic E-state index is 0.125. The number of aryl methyl sites for hydroxylation is 1. The highest BCUT2D eigenvalue weighted by Gasteiger charge is 2.54. The van der Waals surface area contributed by atoms with Crippen LogP contribution >= 0.6 is 0 Å². The van der Waals surface area contributed by atoms with Crippen molar-refractivity contribution in [2.24, 2.45) is 7.05 Å². The van der Waals surface area contributed by atoms with E-state index < -0.39 is 17.5 Å². The van der Waals surface area contributed by atoms with Crippen LogP contribution in [0.5, 0.6) is 11.6 Å². The van der Waals surface area contributed by atoms with Crippen LogP contribution < -0.4 is 15.2 Å². The van der Waals surface area contributed by atoms with Crippen LogP contribution in [-0.4, -0.2) is 26.1 Å². The number of nitrogens with two attached hydrogens (primary N) is 1. The normalized spacial score (nSPS) is 18.5. The van der Waals surface area contributed by atoms with Gasteiger partial charge in [0.1, 0.15) is 23.7 Å². The fourth-order valence-corrected chi connectivity index (χ4v) is 3.90. The molecule has 31 heavy (non-hydrogen) atoms. The summed E-state index contributed by atoms with van der Waals surface area (Å²) in [5.41, 5.74) is 6.77. The number of nitrogens with zero attached hydrogens (tertiary/aromatic N) is 4. The second-order valence-corrected chi connectivity index (χ2v) is 7.79. The molecule has 1 aromatic carbocycles. The molecule has 3 aromatic rings. The number of rotatable bonds is 0. The van der Waals surface area contributed by atoms with E-state index in [0.717, 1.165) is 0 Å². The minimum Gasteiger partial charge on any atom is -0.482 e. The van der Waals surface area contributed by atoms with Gasteiger partial charge in [-0.25, -0.2) is 9.37 Å². The highest BCUT2D eigenvalue weighted by atomic mass is 19.1. The molecule has 1 spiro atoms. The molecular weight excluding hydrogens is 401 g/mol. The van der Waals surface area contributed by atoms with Gasteiger partial charge in [-0.15, -0.1) is 5.10 Å². The number of carbonyl (C=O) groups is 1. The lowest BCUT2D eigenvalue weighted by atomic mass is 9.95. The molecule has 1 atom stereocenters. The molecule has 9 heteroatoms. The minimum atomic E-state index is -1.12. The van der Waals surface area contributed by atoms with Crippen molar-refractivity contribution in [3.8, 4) is 28.8 Å². The number of fused-ring (bicyclic) bond motifs is 5. The highest BCUT2D eigenvalue weighted by Crippen LogP contribution is 2.47. The van der Waals surface area contributed by atoms with Crippen LogP contribution in [-0.2, 0) is 7.05 Å². The Morgan fingerprint density at radius 2 is 2.13 bits per heavy atom. The molecule has 0 saturated heterocycles. The van der Waals surface area contributed by atoms with Crippen LogP contribution in [0.3, 0.4) is 0 Å². The Bertz CT molecular complexity index is 1290. The zero-order valence-corrected chi connectivity index (χ0v) is 16.8. The van der Waals surface area contributed by atoms with Gasteiger partial charge in [0, 0.05) is 29.9 Å². The topological polar surface area (TPSA) is 116 Å². The number of ketones is 1. The van der Waals surface area contributed by atoms with Crippen molar-refractivity contribution in [2.75, 3.05) is 5.73 Å². The van der Waals surface area contributed by atoms with Crippen LogP contribution in [0.15, 0.2) is 30.5 Å². The molecule has 8 nitrogen and oxygen atoms in total. The van der Waals surface area contributed by atoms with Crippen molar-refractivity contribution >= 4 is 11.6 Å². The van der Waals surface area contributed by atoms with E-state index in [2.05, 4.69) is 16.2 Å². The van der Waals surface area contributed by atoms with E-state index in [4.69, 9.17) is 15.2 Å². The summed E-state index contributed by atoms with van der Waals surface area (Å²) in [5.74, 6) is -0.234. The monoisotopic (exact) mass is 419 g/mol. The number of benzene rings is 1. The molecule has 1 aliphatic carbocycles. The Morgan fingerprint density at radius 1 is 1.35 bits per heavy atom. The van der Waals surface area contributed by atoms with Crippen LogP contribution in [0.2, 0.25) is 0 Å². The van der Waals surface area contributed by atoms with E-state index in [1.807, 2.05) is 0 Å². The number of Topliss-reactive ketones (excluding diaryl/α,β-unsaturated/α-hetero) is 1. The first kappa shape index (κ1) is 19.1. The number of ether oxygens (including phenoxy) is 2. The van der Waals surface area contributed by atoms with E-state index in [1.54, 1.807) is 20.0 Å². The number of pyridine rings is 1. The smallest absolute Gasteiger partial charge is 0.243 e. The second kappa shape index (κ2) is 6.54. The van der Waals surface area contributed by atoms with Crippen LogP contribution in [0.4, 0.5) is 10.2 Å². The molecule has 156 valence electrons. The Hall–Kier alpha value is -3.93. The van der Waals surface area contributed by atoms with Crippen molar-refractivity contribution in [3.63, 3.8) is 0 Å². The Balaban J connectivity index is 1.78. The SMILES string of the molecule is CC1Oc2cc(cnc2N)-c2c(nn(C)c2C#N)OC2(CC2)C(=O)c2ccc(F)cc21. The lowest BCUT2D eigenvalue weighted by molar-refractivity contribution is 0.0731. The molecule has 3 heterocycles. The van der Waals surface area contributed by atoms with Crippen molar-refractivity contribution in [3.05, 3.63) is 53.1 Å². The maximum atomic E-state index is 14.1. The first-order valence-corrected chi connectivity index (χ1v) is 9.76. The standard InChI is InChI=1S/C22H18FN5O3/c1-11-15-8-13(23)3-4-14(15)19(29)22(5-6-22)31-21-18(16(9-24)28(2)27-21)12-7-17(30-11)20(25)26-10-12/h3-4,7-8,10-11H,5-6H2,1-2H3,(H2,25,26). The van der Waals surface area contributed by atoms with Gasteiger partial charge in [-0.3, -0.25) is 9.48 Å². The summed E-state index contributed by atoms with van der Waals surface area (Å²) >= 11 is 0. The third-order valence-corrected chi connectivity index (χ3v) is 5.70. The number of hydrogen-bond donors (Lipinski definition) is 1. The number of nitriles is 1. The van der Waals surface area contributed by atoms with Crippen molar-refractivity contribution in [2.45, 2.75) is 31.5 Å². The summed E-state index contributed by atoms with van der Waals surface area (Å²) in [6, 6.07) is 7.73. The van der Waals surface area contributed by atoms with E-state index >= 15 is 0 Å². The summed E-state index contributed by atoms with van der Waals surface area (Å²) in [7, 11) is 1.62. The molecule has 0 amide bonds. The Kier molecular flexibility index (Phi) is 4.02. The van der Waals surface area contributed by atoms with Gasteiger partial charge < -0.3 is 15.2 Å². The van der Waals surface area contributed by atoms with Gasteiger partial charge >= 0.3 is 0 Å². The largest absolute Gasteiger partial charge is 0.482 e. The van der Waals surface area contributed by atoms with Gasteiger partial charge in [0.2, 0.25) is 11.7 Å². The molecule has 1 aliphatic heterocycles. The first-order chi connectivity index (χ1) is 14.8. The second-order valence-electron chi connectivity index (χ2n) is 7.79. The van der Waals surface area contributed by atoms with E-state index in [1.165, 1.54) is 29.1 Å². The zero-order chi connectivity index (χ0) is 21.9. The number of halogens is 1. The third-order valence-electron chi connectivity index (χ3n) is 5.70. The quantitative estimate of drug-likeness (QED) is 0.594. The van der Waals surface area contributed by atoms with Crippen molar-refractivity contribution < 1.29 is 18.7 Å². The molecule has 0 radical (unpaired) electrons. The van der Waals surface area contributed by atoms with Crippen molar-refractivity contribution in [1.82, 2.24) is 14.8 Å². The van der Waals surface area contributed by atoms with Crippen LogP contribution in [0.1, 0.15) is 47.5 Å². The predicted molar refractivity (Wildman–Crippen MR) is 108 cm³/mol. The van der Waals surface area contributed by atoms with E-state index in [0.29, 0.717) is 35.1 Å². The van der Waals surface area contributed by atoms with Crippen molar-refractivity contribution in [1.29, 1.82) is 5.26 Å². The fourth-order valence-electron chi connectivity index (χ4n) is 3.90. The third kappa shape index (κ3) is 2.91. The Morgan fingerprint density at radius 3 is 2.84 bits per heavy atom. The molecule has 2 aliphatic rings. The highest BCUT2D eigenvalue weighted by molar-refractivity contribution is 6.06. The molecule has 1 saturated carbocycles. The van der Waals surface area contributed by atoms with E-state index in [-0.39, 0.29) is 28.9 Å². The summed E-state index contributed by atoms with van der Waals surface area (Å²) in [4.78, 5) is 17.7. The summed E-state index contributed by atoms with van der Waals surface area (Å²) in [6.45, 7) is 1.71. The van der Waals surface area contributed by atoms with Crippen LogP contribution in [0, 0.1) is 17.1 Å². The van der Waals surface area contributed by atoms with Gasteiger partial charge in [-0.2, -0.15) is 5.26 Å². The Labute approximate surface area is 177 Å². The molecule has 5 rings (SSSR count). The average molecular weight is 419 g/mol. The lowest BCUT2D eigenvalue weighted by Gasteiger charge is -2.23. The average Bonchev–Trinajstić information content (AvgIpc) is 3.45. The van der Waals surface area contributed by atoms with Gasteiger partial charge in [-0.1, -0.05) is 0 Å². The number of aromatic nitrogens is 3. The van der Waals surface area contributed by atoms with Gasteiger partial charge in [0.05, 0.1) is 5.56 Å². The lowest BCUT2D eigenvalue weighted by Crippen LogP contribution is -2.31. The van der Waals surface area contributed by atoms with Gasteiger partial charge in [0.25, 0.3) is 0 Å². The van der Waals surface area contributed by atoms with E-state index in [9.17, 15) is 14.4 Å². The molecular formula is C22H18FN5O3. The molecule has 2 bridgehead atoms.